The molecule has 3 aliphatic rings. The van der Waals surface area contributed by atoms with Gasteiger partial charge in [0, 0.05) is 31.7 Å². The molecule has 2 aliphatic heterocycles. The molecule has 4 rings (SSSR count). The first-order valence-electron chi connectivity index (χ1n) is 9.36. The third-order valence-corrected chi connectivity index (χ3v) is 5.82. The summed E-state index contributed by atoms with van der Waals surface area (Å²) in [6, 6.07) is 4.36. The van der Waals surface area contributed by atoms with Gasteiger partial charge < -0.3 is 14.4 Å². The van der Waals surface area contributed by atoms with E-state index in [1.54, 1.807) is 13.0 Å². The maximum absolute atomic E-state index is 13.3. The third kappa shape index (κ3) is 3.72. The molecule has 1 atom stereocenters. The maximum atomic E-state index is 13.3. The molecule has 25 heavy (non-hydrogen) atoms. The van der Waals surface area contributed by atoms with Crippen LogP contribution in [-0.2, 0) is 9.47 Å². The summed E-state index contributed by atoms with van der Waals surface area (Å²) in [6.45, 7) is 4.70. The van der Waals surface area contributed by atoms with E-state index in [1.165, 1.54) is 25.0 Å². The molecule has 5 heteroatoms. The molecule has 1 amide bonds. The van der Waals surface area contributed by atoms with Gasteiger partial charge in [-0.1, -0.05) is 0 Å². The monoisotopic (exact) mass is 347 g/mol. The summed E-state index contributed by atoms with van der Waals surface area (Å²) in [5, 5.41) is 0. The Hall–Kier alpha value is -1.46. The van der Waals surface area contributed by atoms with Crippen LogP contribution in [-0.4, -0.2) is 48.8 Å². The number of hydrogen-bond donors (Lipinski definition) is 0. The number of rotatable bonds is 4. The summed E-state index contributed by atoms with van der Waals surface area (Å²) >= 11 is 0. The number of nitrogens with zero attached hydrogens (tertiary/aromatic N) is 1. The zero-order chi connectivity index (χ0) is 17.4. The van der Waals surface area contributed by atoms with E-state index in [0.29, 0.717) is 30.8 Å². The zero-order valence-corrected chi connectivity index (χ0v) is 14.8. The fourth-order valence-corrected chi connectivity index (χ4v) is 3.97. The highest BCUT2D eigenvalue weighted by Crippen LogP contribution is 2.38. The quantitative estimate of drug-likeness (QED) is 0.839. The van der Waals surface area contributed by atoms with Crippen molar-refractivity contribution in [2.45, 2.75) is 50.7 Å². The van der Waals surface area contributed by atoms with Gasteiger partial charge in [0.25, 0.3) is 5.91 Å². The lowest BCUT2D eigenvalue weighted by atomic mass is 9.87. The van der Waals surface area contributed by atoms with Crippen molar-refractivity contribution >= 4 is 5.91 Å². The number of amides is 1. The van der Waals surface area contributed by atoms with Crippen LogP contribution < -0.4 is 0 Å². The molecule has 1 saturated carbocycles. The van der Waals surface area contributed by atoms with E-state index in [0.717, 1.165) is 31.8 Å². The van der Waals surface area contributed by atoms with E-state index >= 15 is 0 Å². The molecule has 0 N–H and O–H groups in total. The second-order valence-electron chi connectivity index (χ2n) is 7.85. The van der Waals surface area contributed by atoms with E-state index in [-0.39, 0.29) is 23.4 Å². The summed E-state index contributed by atoms with van der Waals surface area (Å²) in [5.74, 6) is 0.463. The Bertz CT molecular complexity index is 650. The van der Waals surface area contributed by atoms with Crippen LogP contribution in [0.4, 0.5) is 4.39 Å². The molecule has 0 radical (unpaired) electrons. The van der Waals surface area contributed by atoms with Crippen molar-refractivity contribution in [1.82, 2.24) is 4.90 Å². The number of carbonyl (C=O) groups excluding carboxylic acids is 1. The number of carbonyl (C=O) groups is 1. The number of ether oxygens (including phenoxy) is 2. The first kappa shape index (κ1) is 17.0. The highest BCUT2D eigenvalue weighted by atomic mass is 19.1. The van der Waals surface area contributed by atoms with Crippen LogP contribution in [0.15, 0.2) is 18.2 Å². The van der Waals surface area contributed by atoms with Crippen molar-refractivity contribution in [3.8, 4) is 0 Å². The Kier molecular flexibility index (Phi) is 4.54. The van der Waals surface area contributed by atoms with E-state index < -0.39 is 0 Å². The molecule has 1 spiro atoms. The van der Waals surface area contributed by atoms with E-state index in [4.69, 9.17) is 9.47 Å². The lowest BCUT2D eigenvalue weighted by Gasteiger charge is -2.38. The van der Waals surface area contributed by atoms with Crippen LogP contribution in [0.5, 0.6) is 0 Å². The number of hydrogen-bond acceptors (Lipinski definition) is 3. The largest absolute Gasteiger partial charge is 0.375 e. The topological polar surface area (TPSA) is 38.8 Å². The summed E-state index contributed by atoms with van der Waals surface area (Å²) in [4.78, 5) is 14.6. The molecule has 1 aliphatic carbocycles. The molecule has 136 valence electrons. The third-order valence-electron chi connectivity index (χ3n) is 5.82. The minimum absolute atomic E-state index is 0.00752. The maximum Gasteiger partial charge on any atom is 0.254 e. The Labute approximate surface area is 148 Å². The van der Waals surface area contributed by atoms with E-state index in [2.05, 4.69) is 0 Å². The smallest absolute Gasteiger partial charge is 0.254 e. The summed E-state index contributed by atoms with van der Waals surface area (Å²) in [6.07, 6.45) is 5.46. The average molecular weight is 347 g/mol. The number of piperidine rings is 1. The SMILES string of the molecule is Cc1cc(F)ccc1C(=O)N1CCC2(CC1)C[C@@H](OCC1CC1)CO2. The molecule has 1 aromatic rings. The number of benzene rings is 1. The summed E-state index contributed by atoms with van der Waals surface area (Å²) in [5.41, 5.74) is 1.16. The Balaban J connectivity index is 1.32. The van der Waals surface area contributed by atoms with E-state index in [1.807, 2.05) is 4.90 Å². The van der Waals surface area contributed by atoms with Gasteiger partial charge in [-0.2, -0.15) is 0 Å². The van der Waals surface area contributed by atoms with Gasteiger partial charge >= 0.3 is 0 Å². The number of halogens is 1. The highest BCUT2D eigenvalue weighted by molar-refractivity contribution is 5.95. The van der Waals surface area contributed by atoms with Crippen molar-refractivity contribution in [3.63, 3.8) is 0 Å². The molecule has 2 saturated heterocycles. The normalized spacial score (nSPS) is 25.5. The van der Waals surface area contributed by atoms with Crippen molar-refractivity contribution in [1.29, 1.82) is 0 Å². The molecule has 0 unspecified atom stereocenters. The standard InChI is InChI=1S/C20H26FNO3/c1-14-10-16(21)4-5-18(14)19(23)22-8-6-20(7-9-22)11-17(13-25-20)24-12-15-2-3-15/h4-5,10,15,17H,2-3,6-9,11-13H2,1H3/t17-/m1/s1. The highest BCUT2D eigenvalue weighted by Gasteiger charge is 2.44. The van der Waals surface area contributed by atoms with Gasteiger partial charge in [0.2, 0.25) is 0 Å². The van der Waals surface area contributed by atoms with Crippen molar-refractivity contribution in [3.05, 3.63) is 35.1 Å². The molecule has 0 aromatic heterocycles. The van der Waals surface area contributed by atoms with E-state index in [9.17, 15) is 9.18 Å². The van der Waals surface area contributed by atoms with Crippen molar-refractivity contribution in [2.75, 3.05) is 26.3 Å². The molecule has 3 fully saturated rings. The predicted octanol–water partition coefficient (Wildman–Crippen LogP) is 3.32. The molecule has 2 heterocycles. The van der Waals surface area contributed by atoms with Gasteiger partial charge in [-0.3, -0.25) is 4.79 Å². The van der Waals surface area contributed by atoms with Gasteiger partial charge in [0.15, 0.2) is 0 Å². The van der Waals surface area contributed by atoms with Gasteiger partial charge in [0.05, 0.1) is 18.3 Å². The molecular weight excluding hydrogens is 321 g/mol. The van der Waals surface area contributed by atoms with Crippen LogP contribution in [0.3, 0.4) is 0 Å². The Morgan fingerprint density at radius 3 is 2.80 bits per heavy atom. The van der Waals surface area contributed by atoms with Crippen molar-refractivity contribution in [2.24, 2.45) is 5.92 Å². The van der Waals surface area contributed by atoms with Crippen molar-refractivity contribution < 1.29 is 18.7 Å². The lowest BCUT2D eigenvalue weighted by Crippen LogP contribution is -2.46. The molecule has 0 bridgehead atoms. The van der Waals surface area contributed by atoms with Crippen LogP contribution in [0.2, 0.25) is 0 Å². The second-order valence-corrected chi connectivity index (χ2v) is 7.85. The Morgan fingerprint density at radius 2 is 2.12 bits per heavy atom. The van der Waals surface area contributed by atoms with Gasteiger partial charge in [-0.05, 0) is 62.3 Å². The minimum Gasteiger partial charge on any atom is -0.375 e. The molecule has 4 nitrogen and oxygen atoms in total. The summed E-state index contributed by atoms with van der Waals surface area (Å²) in [7, 11) is 0. The number of aryl methyl sites for hydroxylation is 1. The zero-order valence-electron chi connectivity index (χ0n) is 14.8. The first-order chi connectivity index (χ1) is 12.0. The first-order valence-corrected chi connectivity index (χ1v) is 9.36. The fraction of sp³-hybridized carbons (Fsp3) is 0.650. The van der Waals surface area contributed by atoms with Gasteiger partial charge in [-0.15, -0.1) is 0 Å². The second kappa shape index (κ2) is 6.69. The minimum atomic E-state index is -0.303. The van der Waals surface area contributed by atoms with Crippen LogP contribution in [0, 0.1) is 18.7 Å². The summed E-state index contributed by atoms with van der Waals surface area (Å²) < 4.78 is 25.3. The average Bonchev–Trinajstić information content (AvgIpc) is 3.35. The van der Waals surface area contributed by atoms with Crippen LogP contribution in [0.25, 0.3) is 0 Å². The van der Waals surface area contributed by atoms with Crippen LogP contribution >= 0.6 is 0 Å². The van der Waals surface area contributed by atoms with Crippen LogP contribution in [0.1, 0.15) is 48.0 Å². The lowest BCUT2D eigenvalue weighted by molar-refractivity contribution is -0.0410. The Morgan fingerprint density at radius 1 is 1.36 bits per heavy atom. The van der Waals surface area contributed by atoms with Gasteiger partial charge in [0.1, 0.15) is 5.82 Å². The van der Waals surface area contributed by atoms with Gasteiger partial charge in [-0.25, -0.2) is 4.39 Å². The number of likely N-dealkylation sites (tertiary alicyclic amines) is 1. The molecular formula is C20H26FNO3. The molecule has 1 aromatic carbocycles. The predicted molar refractivity (Wildman–Crippen MR) is 92.0 cm³/mol. The fourth-order valence-electron chi connectivity index (χ4n) is 3.97.